The summed E-state index contributed by atoms with van der Waals surface area (Å²) in [5.41, 5.74) is 3.10. The number of rotatable bonds is 6. The monoisotopic (exact) mass is 362 g/mol. The molecule has 0 saturated carbocycles. The van der Waals surface area contributed by atoms with Crippen LogP contribution in [-0.2, 0) is 6.61 Å². The first kappa shape index (κ1) is 16.8. The second-order valence-corrected chi connectivity index (χ2v) is 5.82. The minimum Gasteiger partial charge on any atom is -0.497 e. The van der Waals surface area contributed by atoms with Crippen LogP contribution in [0.5, 0.6) is 17.5 Å². The Bertz CT molecular complexity index is 1060. The van der Waals surface area contributed by atoms with Crippen LogP contribution in [0.4, 0.5) is 0 Å². The SMILES string of the molecule is COc1ccc(OCc2ccccc2)c(-c2nc3nc(OC)ncc3[nH]2)c1. The number of hydrogen-bond donors (Lipinski definition) is 1. The zero-order valence-corrected chi connectivity index (χ0v) is 15.0. The second kappa shape index (κ2) is 7.33. The summed E-state index contributed by atoms with van der Waals surface area (Å²) in [6.07, 6.45) is 1.64. The van der Waals surface area contributed by atoms with Crippen molar-refractivity contribution >= 4 is 11.2 Å². The lowest BCUT2D eigenvalue weighted by molar-refractivity contribution is 0.306. The molecule has 1 N–H and O–H groups in total. The Hall–Kier alpha value is -3.61. The van der Waals surface area contributed by atoms with Gasteiger partial charge >= 0.3 is 6.01 Å². The van der Waals surface area contributed by atoms with Crippen LogP contribution < -0.4 is 14.2 Å². The number of nitrogens with zero attached hydrogens (tertiary/aromatic N) is 3. The van der Waals surface area contributed by atoms with Crippen LogP contribution >= 0.6 is 0 Å². The fraction of sp³-hybridized carbons (Fsp3) is 0.150. The van der Waals surface area contributed by atoms with Crippen LogP contribution in [0.15, 0.2) is 54.7 Å². The quantitative estimate of drug-likeness (QED) is 0.564. The number of methoxy groups -OCH3 is 2. The van der Waals surface area contributed by atoms with Crippen LogP contribution in [0.2, 0.25) is 0 Å². The number of benzene rings is 2. The van der Waals surface area contributed by atoms with Crippen LogP contribution in [0.1, 0.15) is 5.56 Å². The normalized spacial score (nSPS) is 10.7. The van der Waals surface area contributed by atoms with Crippen molar-refractivity contribution in [2.45, 2.75) is 6.61 Å². The molecule has 0 fully saturated rings. The third kappa shape index (κ3) is 3.52. The molecule has 2 heterocycles. The van der Waals surface area contributed by atoms with Gasteiger partial charge in [0.2, 0.25) is 0 Å². The summed E-state index contributed by atoms with van der Waals surface area (Å²) in [7, 11) is 3.14. The highest BCUT2D eigenvalue weighted by molar-refractivity contribution is 5.77. The van der Waals surface area contributed by atoms with E-state index >= 15 is 0 Å². The van der Waals surface area contributed by atoms with Gasteiger partial charge in [-0.3, -0.25) is 0 Å². The number of imidazole rings is 1. The number of ether oxygens (including phenoxy) is 3. The smallest absolute Gasteiger partial charge is 0.318 e. The van der Waals surface area contributed by atoms with Crippen LogP contribution in [-0.4, -0.2) is 34.2 Å². The van der Waals surface area contributed by atoms with E-state index < -0.39 is 0 Å². The summed E-state index contributed by atoms with van der Waals surface area (Å²) in [6.45, 7) is 0.452. The molecule has 2 aromatic carbocycles. The summed E-state index contributed by atoms with van der Waals surface area (Å²) < 4.78 is 16.5. The van der Waals surface area contributed by atoms with Crippen LogP contribution in [0, 0.1) is 0 Å². The number of hydrogen-bond acceptors (Lipinski definition) is 6. The maximum atomic E-state index is 6.04. The predicted octanol–water partition coefficient (Wildman–Crippen LogP) is 3.62. The van der Waals surface area contributed by atoms with Crippen molar-refractivity contribution in [2.75, 3.05) is 14.2 Å². The first-order valence-corrected chi connectivity index (χ1v) is 8.38. The molecule has 0 atom stereocenters. The van der Waals surface area contributed by atoms with E-state index in [1.54, 1.807) is 13.3 Å². The highest BCUT2D eigenvalue weighted by atomic mass is 16.5. The van der Waals surface area contributed by atoms with Crippen LogP contribution in [0.25, 0.3) is 22.6 Å². The molecule has 0 spiro atoms. The van der Waals surface area contributed by atoms with Gasteiger partial charge in [-0.2, -0.15) is 4.98 Å². The third-order valence-electron chi connectivity index (χ3n) is 4.08. The van der Waals surface area contributed by atoms with Crippen LogP contribution in [0.3, 0.4) is 0 Å². The summed E-state index contributed by atoms with van der Waals surface area (Å²) in [6, 6.07) is 15.9. The molecule has 0 amide bonds. The van der Waals surface area contributed by atoms with Crippen molar-refractivity contribution in [3.63, 3.8) is 0 Å². The summed E-state index contributed by atoms with van der Waals surface area (Å²) in [4.78, 5) is 16.1. The summed E-state index contributed by atoms with van der Waals surface area (Å²) >= 11 is 0. The fourth-order valence-corrected chi connectivity index (χ4v) is 2.70. The van der Waals surface area contributed by atoms with Crippen molar-refractivity contribution in [3.8, 4) is 28.9 Å². The first-order valence-electron chi connectivity index (χ1n) is 8.38. The molecule has 136 valence electrons. The fourth-order valence-electron chi connectivity index (χ4n) is 2.70. The molecular weight excluding hydrogens is 344 g/mol. The standard InChI is InChI=1S/C20H18N4O3/c1-25-14-8-9-17(27-12-13-6-4-3-5-7-13)15(10-14)18-22-16-11-21-20(26-2)24-19(16)23-18/h3-11H,12H2,1-2H3,(H,21,22,23,24). The highest BCUT2D eigenvalue weighted by Gasteiger charge is 2.14. The van der Waals surface area contributed by atoms with Gasteiger partial charge in [0.1, 0.15) is 29.4 Å². The molecule has 27 heavy (non-hydrogen) atoms. The Labute approximate surface area is 156 Å². The zero-order valence-electron chi connectivity index (χ0n) is 15.0. The minimum absolute atomic E-state index is 0.270. The number of H-pyrrole nitrogens is 1. The first-order chi connectivity index (χ1) is 13.3. The molecule has 0 unspecified atom stereocenters. The van der Waals surface area contributed by atoms with Gasteiger partial charge in [0, 0.05) is 0 Å². The Morgan fingerprint density at radius 2 is 1.81 bits per heavy atom. The molecular formula is C20H18N4O3. The Balaban J connectivity index is 1.71. The van der Waals surface area contributed by atoms with E-state index in [0.717, 1.165) is 11.1 Å². The molecule has 0 aliphatic heterocycles. The van der Waals surface area contributed by atoms with Crippen molar-refractivity contribution < 1.29 is 14.2 Å². The Morgan fingerprint density at radius 3 is 2.59 bits per heavy atom. The molecule has 0 aliphatic carbocycles. The van der Waals surface area contributed by atoms with Gasteiger partial charge in [-0.15, -0.1) is 0 Å². The molecule has 7 heteroatoms. The lowest BCUT2D eigenvalue weighted by Crippen LogP contribution is -1.98. The molecule has 0 radical (unpaired) electrons. The molecule has 4 aromatic rings. The van der Waals surface area contributed by atoms with E-state index in [0.29, 0.717) is 35.1 Å². The number of fused-ring (bicyclic) bond motifs is 1. The molecule has 0 aliphatic rings. The van der Waals surface area contributed by atoms with Crippen molar-refractivity contribution in [2.24, 2.45) is 0 Å². The lowest BCUT2D eigenvalue weighted by Gasteiger charge is -2.11. The van der Waals surface area contributed by atoms with Gasteiger partial charge in [-0.25, -0.2) is 9.97 Å². The van der Waals surface area contributed by atoms with E-state index in [4.69, 9.17) is 14.2 Å². The predicted molar refractivity (Wildman–Crippen MR) is 101 cm³/mol. The summed E-state index contributed by atoms with van der Waals surface area (Å²) in [5, 5.41) is 0. The lowest BCUT2D eigenvalue weighted by atomic mass is 10.1. The molecule has 0 saturated heterocycles. The topological polar surface area (TPSA) is 82.2 Å². The van der Waals surface area contributed by atoms with Gasteiger partial charge in [0.15, 0.2) is 5.65 Å². The summed E-state index contributed by atoms with van der Waals surface area (Å²) in [5.74, 6) is 2.02. The van der Waals surface area contributed by atoms with Gasteiger partial charge in [0.05, 0.1) is 26.0 Å². The average Bonchev–Trinajstić information content (AvgIpc) is 3.16. The van der Waals surface area contributed by atoms with Gasteiger partial charge < -0.3 is 19.2 Å². The number of aromatic nitrogens is 4. The maximum Gasteiger partial charge on any atom is 0.318 e. The average molecular weight is 362 g/mol. The van der Waals surface area contributed by atoms with Gasteiger partial charge in [-0.1, -0.05) is 30.3 Å². The maximum absolute atomic E-state index is 6.04. The van der Waals surface area contributed by atoms with E-state index in [1.165, 1.54) is 7.11 Å². The molecule has 2 aromatic heterocycles. The Morgan fingerprint density at radius 1 is 0.963 bits per heavy atom. The van der Waals surface area contributed by atoms with E-state index in [-0.39, 0.29) is 6.01 Å². The molecule has 0 bridgehead atoms. The number of nitrogens with one attached hydrogen (secondary N) is 1. The van der Waals surface area contributed by atoms with Crippen molar-refractivity contribution in [1.29, 1.82) is 0 Å². The van der Waals surface area contributed by atoms with E-state index in [9.17, 15) is 0 Å². The third-order valence-corrected chi connectivity index (χ3v) is 4.08. The Kier molecular flexibility index (Phi) is 4.57. The second-order valence-electron chi connectivity index (χ2n) is 5.82. The number of aromatic amines is 1. The largest absolute Gasteiger partial charge is 0.497 e. The highest BCUT2D eigenvalue weighted by Crippen LogP contribution is 2.33. The zero-order chi connectivity index (χ0) is 18.6. The molecule has 7 nitrogen and oxygen atoms in total. The van der Waals surface area contributed by atoms with Gasteiger partial charge in [-0.05, 0) is 23.8 Å². The molecule has 4 rings (SSSR count). The van der Waals surface area contributed by atoms with E-state index in [1.807, 2.05) is 48.5 Å². The van der Waals surface area contributed by atoms with Gasteiger partial charge in [0.25, 0.3) is 0 Å². The van der Waals surface area contributed by atoms with Crippen molar-refractivity contribution in [3.05, 3.63) is 60.3 Å². The minimum atomic E-state index is 0.270. The van der Waals surface area contributed by atoms with Crippen molar-refractivity contribution in [1.82, 2.24) is 19.9 Å². The van der Waals surface area contributed by atoms with E-state index in [2.05, 4.69) is 19.9 Å².